The van der Waals surface area contributed by atoms with Gasteiger partial charge in [-0.05, 0) is 13.8 Å². The van der Waals surface area contributed by atoms with Crippen molar-refractivity contribution in [1.29, 1.82) is 0 Å². The van der Waals surface area contributed by atoms with Gasteiger partial charge in [-0.15, -0.1) is 0 Å². The molecule has 0 saturated heterocycles. The molecular weight excluding hydrogens is 214 g/mol. The Hall–Kier alpha value is 0.190. The number of nitrogens with one attached hydrogen (secondary N) is 1. The van der Waals surface area contributed by atoms with E-state index in [0.717, 1.165) is 0 Å². The van der Waals surface area contributed by atoms with Crippen LogP contribution in [0.25, 0.3) is 0 Å². The Morgan fingerprint density at radius 1 is 1.33 bits per heavy atom. The molecule has 2 atom stereocenters. The van der Waals surface area contributed by atoms with Crippen LogP contribution in [-0.2, 0) is 14.2 Å². The van der Waals surface area contributed by atoms with E-state index < -0.39 is 5.91 Å². The molecule has 0 spiro atoms. The highest BCUT2D eigenvalue weighted by Crippen LogP contribution is 2.09. The summed E-state index contributed by atoms with van der Waals surface area (Å²) < 4.78 is 15.8. The average Bonchev–Trinajstić information content (AvgIpc) is 2.25. The van der Waals surface area contributed by atoms with Gasteiger partial charge >= 0.3 is 0 Å². The van der Waals surface area contributed by atoms with E-state index in [1.54, 1.807) is 14.2 Å². The standard InChI is InChI=1S/C10H23NO3S/c1-6-14-8(2)9(15)7-11-10(3,12-4)13-5/h8-9,11,15H,6-7H2,1-5H3. The Kier molecular flexibility index (Phi) is 7.56. The summed E-state index contributed by atoms with van der Waals surface area (Å²) in [5, 5.41) is 3.24. The molecule has 4 nitrogen and oxygen atoms in total. The fraction of sp³-hybridized carbons (Fsp3) is 1.00. The topological polar surface area (TPSA) is 39.7 Å². The lowest BCUT2D eigenvalue weighted by molar-refractivity contribution is -0.214. The predicted molar refractivity (Wildman–Crippen MR) is 64.3 cm³/mol. The monoisotopic (exact) mass is 237 g/mol. The van der Waals surface area contributed by atoms with Crippen molar-refractivity contribution in [3.63, 3.8) is 0 Å². The zero-order valence-corrected chi connectivity index (χ0v) is 11.1. The summed E-state index contributed by atoms with van der Waals surface area (Å²) in [5.41, 5.74) is 0. The number of hydrogen-bond acceptors (Lipinski definition) is 5. The van der Waals surface area contributed by atoms with E-state index in [9.17, 15) is 0 Å². The third kappa shape index (κ3) is 5.73. The zero-order valence-electron chi connectivity index (χ0n) is 10.2. The lowest BCUT2D eigenvalue weighted by atomic mass is 10.2. The minimum absolute atomic E-state index is 0.101. The first kappa shape index (κ1) is 15.2. The molecule has 0 fully saturated rings. The second-order valence-electron chi connectivity index (χ2n) is 3.46. The molecule has 0 aromatic carbocycles. The highest BCUT2D eigenvalue weighted by Gasteiger charge is 2.24. The lowest BCUT2D eigenvalue weighted by Gasteiger charge is -2.30. The van der Waals surface area contributed by atoms with E-state index in [1.807, 2.05) is 20.8 Å². The van der Waals surface area contributed by atoms with Crippen LogP contribution in [0, 0.1) is 0 Å². The summed E-state index contributed by atoms with van der Waals surface area (Å²) in [6.45, 7) is 7.14. The third-order valence-electron chi connectivity index (χ3n) is 2.38. The van der Waals surface area contributed by atoms with Crippen LogP contribution in [0.1, 0.15) is 20.8 Å². The van der Waals surface area contributed by atoms with Gasteiger partial charge in [0.05, 0.1) is 6.10 Å². The highest BCUT2D eigenvalue weighted by atomic mass is 32.1. The normalized spacial score (nSPS) is 16.4. The first-order chi connectivity index (χ1) is 6.99. The van der Waals surface area contributed by atoms with Crippen LogP contribution < -0.4 is 5.32 Å². The van der Waals surface area contributed by atoms with Crippen molar-refractivity contribution in [3.05, 3.63) is 0 Å². The van der Waals surface area contributed by atoms with Gasteiger partial charge < -0.3 is 14.2 Å². The van der Waals surface area contributed by atoms with Gasteiger partial charge in [-0.2, -0.15) is 12.6 Å². The summed E-state index contributed by atoms with van der Waals surface area (Å²) >= 11 is 4.45. The summed E-state index contributed by atoms with van der Waals surface area (Å²) in [4.78, 5) is 0. The fourth-order valence-corrected chi connectivity index (χ4v) is 1.23. The molecular formula is C10H23NO3S. The molecule has 0 aliphatic rings. The molecule has 0 radical (unpaired) electrons. The minimum Gasteiger partial charge on any atom is -0.378 e. The molecule has 0 aromatic heterocycles. The third-order valence-corrected chi connectivity index (χ3v) is 2.99. The van der Waals surface area contributed by atoms with Crippen LogP contribution in [0.3, 0.4) is 0 Å². The molecule has 0 amide bonds. The van der Waals surface area contributed by atoms with Crippen molar-refractivity contribution in [2.75, 3.05) is 27.4 Å². The number of thiol groups is 1. The molecule has 0 aliphatic carbocycles. The van der Waals surface area contributed by atoms with Crippen LogP contribution in [0.4, 0.5) is 0 Å². The molecule has 0 rings (SSSR count). The SMILES string of the molecule is CCOC(C)C(S)CNC(C)(OC)OC. The van der Waals surface area contributed by atoms with Gasteiger partial charge in [-0.3, -0.25) is 5.32 Å². The highest BCUT2D eigenvalue weighted by molar-refractivity contribution is 7.81. The number of rotatable bonds is 8. The molecule has 0 bridgehead atoms. The summed E-state index contributed by atoms with van der Waals surface area (Å²) in [6.07, 6.45) is 0.101. The van der Waals surface area contributed by atoms with E-state index in [-0.39, 0.29) is 11.4 Å². The maximum Gasteiger partial charge on any atom is 0.223 e. The summed E-state index contributed by atoms with van der Waals surface area (Å²) in [6, 6.07) is 0. The molecule has 5 heteroatoms. The first-order valence-electron chi connectivity index (χ1n) is 5.14. The Bertz CT molecular complexity index is 165. The number of hydrogen-bond donors (Lipinski definition) is 2. The molecule has 92 valence electrons. The van der Waals surface area contributed by atoms with Crippen molar-refractivity contribution < 1.29 is 14.2 Å². The van der Waals surface area contributed by atoms with Gasteiger partial charge in [0.25, 0.3) is 0 Å². The molecule has 1 N–H and O–H groups in total. The van der Waals surface area contributed by atoms with Crippen LogP contribution in [-0.4, -0.2) is 44.6 Å². The van der Waals surface area contributed by atoms with Crippen molar-refractivity contribution in [1.82, 2.24) is 5.32 Å². The molecule has 0 saturated carbocycles. The van der Waals surface area contributed by atoms with Crippen molar-refractivity contribution in [3.8, 4) is 0 Å². The Morgan fingerprint density at radius 2 is 1.87 bits per heavy atom. The van der Waals surface area contributed by atoms with E-state index >= 15 is 0 Å². The first-order valence-corrected chi connectivity index (χ1v) is 5.65. The van der Waals surface area contributed by atoms with E-state index in [4.69, 9.17) is 14.2 Å². The quantitative estimate of drug-likeness (QED) is 0.492. The van der Waals surface area contributed by atoms with Crippen LogP contribution in [0.5, 0.6) is 0 Å². The van der Waals surface area contributed by atoms with Crippen LogP contribution in [0.2, 0.25) is 0 Å². The minimum atomic E-state index is -0.757. The van der Waals surface area contributed by atoms with Crippen molar-refractivity contribution in [2.45, 2.75) is 38.0 Å². The Balaban J connectivity index is 3.92. The molecule has 15 heavy (non-hydrogen) atoms. The zero-order chi connectivity index (χ0) is 11.9. The van der Waals surface area contributed by atoms with Crippen LogP contribution >= 0.6 is 12.6 Å². The van der Waals surface area contributed by atoms with Gasteiger partial charge in [0.15, 0.2) is 0 Å². The predicted octanol–water partition coefficient (Wildman–Crippen LogP) is 1.27. The lowest BCUT2D eigenvalue weighted by Crippen LogP contribution is -2.49. The van der Waals surface area contributed by atoms with Gasteiger partial charge in [0.2, 0.25) is 5.91 Å². The molecule has 0 heterocycles. The van der Waals surface area contributed by atoms with E-state index in [1.165, 1.54) is 0 Å². The second-order valence-corrected chi connectivity index (χ2v) is 4.13. The largest absolute Gasteiger partial charge is 0.378 e. The van der Waals surface area contributed by atoms with E-state index in [2.05, 4.69) is 17.9 Å². The maximum absolute atomic E-state index is 5.44. The number of methoxy groups -OCH3 is 2. The second kappa shape index (κ2) is 7.46. The number of ether oxygens (including phenoxy) is 3. The summed E-state index contributed by atoms with van der Waals surface area (Å²) in [5.74, 6) is -0.757. The summed E-state index contributed by atoms with van der Waals surface area (Å²) in [7, 11) is 3.19. The van der Waals surface area contributed by atoms with Crippen molar-refractivity contribution in [2.24, 2.45) is 0 Å². The average molecular weight is 237 g/mol. The molecule has 2 unspecified atom stereocenters. The van der Waals surface area contributed by atoms with Gasteiger partial charge in [0.1, 0.15) is 0 Å². The smallest absolute Gasteiger partial charge is 0.223 e. The molecule has 0 aliphatic heterocycles. The van der Waals surface area contributed by atoms with E-state index in [0.29, 0.717) is 13.2 Å². The Morgan fingerprint density at radius 3 is 2.27 bits per heavy atom. The fourth-order valence-electron chi connectivity index (χ4n) is 1.06. The van der Waals surface area contributed by atoms with Gasteiger partial charge in [-0.1, -0.05) is 0 Å². The Labute approximate surface area is 98.1 Å². The van der Waals surface area contributed by atoms with Gasteiger partial charge in [0, 0.05) is 39.5 Å². The maximum atomic E-state index is 5.44. The van der Waals surface area contributed by atoms with Crippen molar-refractivity contribution >= 4 is 12.6 Å². The van der Waals surface area contributed by atoms with Gasteiger partial charge in [-0.25, -0.2) is 0 Å². The van der Waals surface area contributed by atoms with Crippen LogP contribution in [0.15, 0.2) is 0 Å². The molecule has 0 aromatic rings.